The maximum Gasteiger partial charge on any atom is 0.419 e. The molecular formula is C27H28Cl2F3N3O5. The van der Waals surface area contributed by atoms with Crippen LogP contribution in [0.5, 0.6) is 5.75 Å². The van der Waals surface area contributed by atoms with Crippen LogP contribution in [0.1, 0.15) is 56.7 Å². The van der Waals surface area contributed by atoms with Crippen LogP contribution in [0.15, 0.2) is 40.9 Å². The molecule has 2 heterocycles. The van der Waals surface area contributed by atoms with Crippen molar-refractivity contribution in [1.29, 1.82) is 0 Å². The van der Waals surface area contributed by atoms with Crippen LogP contribution in [0.2, 0.25) is 10.0 Å². The minimum atomic E-state index is -4.71. The van der Waals surface area contributed by atoms with Crippen molar-refractivity contribution in [2.24, 2.45) is 0 Å². The molecule has 1 aromatic heterocycles. The quantitative estimate of drug-likeness (QED) is 0.288. The van der Waals surface area contributed by atoms with E-state index >= 15 is 0 Å². The Bertz CT molecular complexity index is 1360. The lowest BCUT2D eigenvalue weighted by Crippen LogP contribution is -2.38. The predicted molar refractivity (Wildman–Crippen MR) is 141 cm³/mol. The number of aryl methyl sites for hydroxylation is 1. The third-order valence-electron chi connectivity index (χ3n) is 6.08. The first-order valence-corrected chi connectivity index (χ1v) is 13.3. The van der Waals surface area contributed by atoms with Crippen molar-refractivity contribution < 1.29 is 37.1 Å². The molecule has 3 aromatic rings. The molecule has 216 valence electrons. The van der Waals surface area contributed by atoms with E-state index in [-0.39, 0.29) is 42.6 Å². The zero-order valence-electron chi connectivity index (χ0n) is 22.0. The van der Waals surface area contributed by atoms with Crippen LogP contribution in [0, 0.1) is 0 Å². The molecule has 0 spiro atoms. The summed E-state index contributed by atoms with van der Waals surface area (Å²) in [6.45, 7) is 5.35. The van der Waals surface area contributed by atoms with E-state index in [1.54, 1.807) is 39.0 Å². The Morgan fingerprint density at radius 2 is 1.90 bits per heavy atom. The number of aliphatic hydroxyl groups excluding tert-OH is 1. The molecule has 1 aliphatic heterocycles. The summed E-state index contributed by atoms with van der Waals surface area (Å²) in [5, 5.41) is 15.1. The van der Waals surface area contributed by atoms with Crippen molar-refractivity contribution in [3.05, 3.63) is 63.5 Å². The van der Waals surface area contributed by atoms with Gasteiger partial charge in [0.25, 0.3) is 5.89 Å². The Morgan fingerprint density at radius 3 is 2.58 bits per heavy atom. The zero-order valence-corrected chi connectivity index (χ0v) is 23.5. The molecule has 1 amide bonds. The third-order valence-corrected chi connectivity index (χ3v) is 6.82. The van der Waals surface area contributed by atoms with Crippen LogP contribution >= 0.6 is 23.2 Å². The summed E-state index contributed by atoms with van der Waals surface area (Å²) >= 11 is 11.9. The van der Waals surface area contributed by atoms with E-state index in [0.717, 1.165) is 11.6 Å². The van der Waals surface area contributed by atoms with Crippen LogP contribution in [0.3, 0.4) is 0 Å². The molecule has 0 saturated carbocycles. The standard InChI is InChI=1S/C27H28Cl2F3N3O5/c1-26(2,3)39-25(37)35-11-10-20(36)22(35)24-33-23(34-40-24)16-7-9-21(17(14-16)27(30,31)32)38-12-4-5-15-6-8-18(28)19(29)13-15/h6-9,13-14,20,22,36H,4-5,10-12H2,1-3H3. The van der Waals surface area contributed by atoms with Crippen molar-refractivity contribution >= 4 is 29.3 Å². The Hall–Kier alpha value is -3.02. The smallest absolute Gasteiger partial charge is 0.419 e. The summed E-state index contributed by atoms with van der Waals surface area (Å²) in [4.78, 5) is 18.1. The molecule has 4 rings (SSSR count). The molecule has 1 N–H and O–H groups in total. The predicted octanol–water partition coefficient (Wildman–Crippen LogP) is 7.12. The lowest BCUT2D eigenvalue weighted by atomic mass is 10.1. The van der Waals surface area contributed by atoms with Gasteiger partial charge in [-0.25, -0.2) is 4.79 Å². The fourth-order valence-electron chi connectivity index (χ4n) is 4.24. The molecule has 0 radical (unpaired) electrons. The highest BCUT2D eigenvalue weighted by Crippen LogP contribution is 2.39. The molecule has 13 heteroatoms. The number of aliphatic hydroxyl groups is 1. The summed E-state index contributed by atoms with van der Waals surface area (Å²) in [6.07, 6.45) is -5.16. The number of amides is 1. The molecular weight excluding hydrogens is 574 g/mol. The van der Waals surface area contributed by atoms with Gasteiger partial charge in [0, 0.05) is 12.1 Å². The Balaban J connectivity index is 1.49. The highest BCUT2D eigenvalue weighted by molar-refractivity contribution is 6.42. The molecule has 1 saturated heterocycles. The molecule has 40 heavy (non-hydrogen) atoms. The second-order valence-electron chi connectivity index (χ2n) is 10.3. The van der Waals surface area contributed by atoms with E-state index in [0.29, 0.717) is 22.9 Å². The van der Waals surface area contributed by atoms with Crippen LogP contribution in [-0.4, -0.2) is 51.1 Å². The maximum absolute atomic E-state index is 13.9. The lowest BCUT2D eigenvalue weighted by molar-refractivity contribution is -0.138. The number of ether oxygens (including phenoxy) is 2. The van der Waals surface area contributed by atoms with E-state index in [9.17, 15) is 23.1 Å². The molecule has 2 aromatic carbocycles. The van der Waals surface area contributed by atoms with Crippen molar-refractivity contribution in [1.82, 2.24) is 15.0 Å². The highest BCUT2D eigenvalue weighted by atomic mass is 35.5. The van der Waals surface area contributed by atoms with Crippen LogP contribution in [0.4, 0.5) is 18.0 Å². The third kappa shape index (κ3) is 7.18. The number of alkyl halides is 3. The Morgan fingerprint density at radius 1 is 1.15 bits per heavy atom. The molecule has 0 bridgehead atoms. The van der Waals surface area contributed by atoms with Gasteiger partial charge in [-0.05, 0) is 75.9 Å². The summed E-state index contributed by atoms with van der Waals surface area (Å²) in [7, 11) is 0. The Labute approximate surface area is 239 Å². The number of hydrogen-bond donors (Lipinski definition) is 1. The van der Waals surface area contributed by atoms with E-state index < -0.39 is 35.6 Å². The number of aromatic nitrogens is 2. The van der Waals surface area contributed by atoms with Gasteiger partial charge in [0.05, 0.1) is 28.3 Å². The summed E-state index contributed by atoms with van der Waals surface area (Å²) in [6, 6.07) is 7.62. The summed E-state index contributed by atoms with van der Waals surface area (Å²) in [5.74, 6) is -0.576. The number of likely N-dealkylation sites (tertiary alicyclic amines) is 1. The monoisotopic (exact) mass is 601 g/mol. The molecule has 2 atom stereocenters. The van der Waals surface area contributed by atoms with E-state index in [1.165, 1.54) is 17.0 Å². The van der Waals surface area contributed by atoms with E-state index in [4.69, 9.17) is 37.2 Å². The molecule has 8 nitrogen and oxygen atoms in total. The first-order chi connectivity index (χ1) is 18.7. The lowest BCUT2D eigenvalue weighted by Gasteiger charge is -2.27. The number of carbonyl (C=O) groups is 1. The zero-order chi connectivity index (χ0) is 29.2. The van der Waals surface area contributed by atoms with Gasteiger partial charge in [-0.3, -0.25) is 4.90 Å². The summed E-state index contributed by atoms with van der Waals surface area (Å²) < 4.78 is 57.9. The first kappa shape index (κ1) is 30.0. The van der Waals surface area contributed by atoms with Crippen LogP contribution < -0.4 is 4.74 Å². The van der Waals surface area contributed by atoms with E-state index in [1.807, 2.05) is 0 Å². The molecule has 1 aliphatic rings. The number of nitrogens with zero attached hydrogens (tertiary/aromatic N) is 3. The Kier molecular flexibility index (Phi) is 8.86. The molecule has 2 unspecified atom stereocenters. The van der Waals surface area contributed by atoms with Gasteiger partial charge in [-0.15, -0.1) is 0 Å². The normalized spacial score (nSPS) is 17.8. The average Bonchev–Trinajstić information content (AvgIpc) is 3.49. The first-order valence-electron chi connectivity index (χ1n) is 12.5. The minimum absolute atomic E-state index is 0.0294. The highest BCUT2D eigenvalue weighted by Gasteiger charge is 2.43. The number of carbonyl (C=O) groups excluding carboxylic acids is 1. The maximum atomic E-state index is 13.9. The van der Waals surface area contributed by atoms with Gasteiger partial charge < -0.3 is 19.1 Å². The topological polar surface area (TPSA) is 97.9 Å². The second kappa shape index (κ2) is 11.8. The van der Waals surface area contributed by atoms with Crippen molar-refractivity contribution in [3.8, 4) is 17.1 Å². The fraction of sp³-hybridized carbons (Fsp3) is 0.444. The summed E-state index contributed by atoms with van der Waals surface area (Å²) in [5.41, 5.74) is -0.852. The molecule has 0 aliphatic carbocycles. The van der Waals surface area contributed by atoms with Crippen molar-refractivity contribution in [2.75, 3.05) is 13.2 Å². The van der Waals surface area contributed by atoms with Gasteiger partial charge in [-0.1, -0.05) is 34.4 Å². The minimum Gasteiger partial charge on any atom is -0.493 e. The van der Waals surface area contributed by atoms with Gasteiger partial charge in [0.2, 0.25) is 5.82 Å². The van der Waals surface area contributed by atoms with Gasteiger partial charge in [0.1, 0.15) is 17.4 Å². The number of hydrogen-bond acceptors (Lipinski definition) is 7. The van der Waals surface area contributed by atoms with Gasteiger partial charge in [-0.2, -0.15) is 18.2 Å². The fourth-order valence-corrected chi connectivity index (χ4v) is 4.56. The van der Waals surface area contributed by atoms with Crippen LogP contribution in [0.25, 0.3) is 11.4 Å². The number of halogens is 5. The second-order valence-corrected chi connectivity index (χ2v) is 11.2. The SMILES string of the molecule is CC(C)(C)OC(=O)N1CCC(O)C1c1nc(-c2ccc(OCCCc3ccc(Cl)c(Cl)c3)c(C(F)(F)F)c2)no1. The van der Waals surface area contributed by atoms with Gasteiger partial charge in [0.15, 0.2) is 0 Å². The number of benzene rings is 2. The molecule has 1 fully saturated rings. The van der Waals surface area contributed by atoms with E-state index in [2.05, 4.69) is 10.1 Å². The largest absolute Gasteiger partial charge is 0.493 e. The van der Waals surface area contributed by atoms with Crippen molar-refractivity contribution in [2.45, 2.75) is 64.0 Å². The number of rotatable bonds is 7. The average molecular weight is 602 g/mol. The van der Waals surface area contributed by atoms with Gasteiger partial charge >= 0.3 is 12.3 Å². The van der Waals surface area contributed by atoms with Crippen molar-refractivity contribution in [3.63, 3.8) is 0 Å². The van der Waals surface area contributed by atoms with Crippen LogP contribution in [-0.2, 0) is 17.3 Å².